The fraction of sp³-hybridized carbons (Fsp3) is 0.176. The normalized spacial score (nSPS) is 11.0. The molecule has 0 aliphatic carbocycles. The maximum absolute atomic E-state index is 12.6. The van der Waals surface area contributed by atoms with Crippen molar-refractivity contribution < 1.29 is 13.5 Å². The third-order valence-corrected chi connectivity index (χ3v) is 3.83. The Morgan fingerprint density at radius 2 is 2.04 bits per heavy atom. The van der Waals surface area contributed by atoms with Gasteiger partial charge >= 0.3 is 6.61 Å². The first-order chi connectivity index (χ1) is 11.6. The molecule has 0 bridgehead atoms. The molecule has 0 radical (unpaired) electrons. The summed E-state index contributed by atoms with van der Waals surface area (Å²) in [6.07, 6.45) is 0. The summed E-state index contributed by atoms with van der Waals surface area (Å²) in [5, 5.41) is 9.08. The van der Waals surface area contributed by atoms with Crippen molar-refractivity contribution >= 4 is 22.6 Å². The van der Waals surface area contributed by atoms with Crippen LogP contribution in [-0.2, 0) is 12.4 Å². The van der Waals surface area contributed by atoms with Gasteiger partial charge in [-0.1, -0.05) is 18.2 Å². The van der Waals surface area contributed by atoms with Crippen LogP contribution in [0.4, 0.5) is 8.78 Å². The second kappa shape index (κ2) is 6.85. The van der Waals surface area contributed by atoms with Crippen LogP contribution in [0.15, 0.2) is 42.5 Å². The largest absolute Gasteiger partial charge is 0.434 e. The van der Waals surface area contributed by atoms with Gasteiger partial charge in [-0.2, -0.15) is 14.0 Å². The van der Waals surface area contributed by atoms with Crippen LogP contribution in [0.25, 0.3) is 11.0 Å². The molecule has 0 amide bonds. The molecular weight excluding hydrogens is 336 g/mol. The maximum atomic E-state index is 12.6. The molecule has 0 unspecified atom stereocenters. The first-order valence-corrected chi connectivity index (χ1v) is 7.63. The molecule has 0 fully saturated rings. The van der Waals surface area contributed by atoms with Crippen molar-refractivity contribution in [3.63, 3.8) is 0 Å². The Bertz CT molecular complexity index is 918. The minimum atomic E-state index is -2.90. The molecular formula is C17H12ClF2N3O. The van der Waals surface area contributed by atoms with Crippen molar-refractivity contribution in [1.29, 1.82) is 5.26 Å². The predicted octanol–water partition coefficient (Wildman–Crippen LogP) is 4.30. The number of rotatable bonds is 5. The average Bonchev–Trinajstić information content (AvgIpc) is 2.93. The van der Waals surface area contributed by atoms with E-state index in [1.165, 1.54) is 6.07 Å². The number of fused-ring (bicyclic) bond motifs is 1. The lowest BCUT2D eigenvalue weighted by Gasteiger charge is -2.13. The number of para-hydroxylation sites is 1. The molecule has 0 N–H and O–H groups in total. The molecule has 0 aliphatic heterocycles. The number of ether oxygens (including phenoxy) is 1. The van der Waals surface area contributed by atoms with Crippen molar-refractivity contribution in [2.75, 3.05) is 0 Å². The van der Waals surface area contributed by atoms with Gasteiger partial charge in [0.25, 0.3) is 0 Å². The molecule has 0 spiro atoms. The number of nitrogens with zero attached hydrogens (tertiary/aromatic N) is 3. The molecule has 7 heteroatoms. The molecule has 3 rings (SSSR count). The first kappa shape index (κ1) is 16.2. The Hall–Kier alpha value is -2.65. The Kier molecular flexibility index (Phi) is 4.63. The molecule has 3 aromatic rings. The van der Waals surface area contributed by atoms with Gasteiger partial charge in [0.2, 0.25) is 0 Å². The lowest BCUT2D eigenvalue weighted by molar-refractivity contribution is -0.0504. The zero-order valence-electron chi connectivity index (χ0n) is 12.4. The van der Waals surface area contributed by atoms with E-state index in [0.29, 0.717) is 22.5 Å². The van der Waals surface area contributed by atoms with Gasteiger partial charge in [0, 0.05) is 5.56 Å². The van der Waals surface area contributed by atoms with Crippen LogP contribution >= 0.6 is 11.6 Å². The summed E-state index contributed by atoms with van der Waals surface area (Å²) in [6.45, 7) is -2.64. The summed E-state index contributed by atoms with van der Waals surface area (Å²) in [5.41, 5.74) is 2.47. The van der Waals surface area contributed by atoms with E-state index in [4.69, 9.17) is 16.9 Å². The molecule has 0 saturated carbocycles. The van der Waals surface area contributed by atoms with E-state index < -0.39 is 6.61 Å². The highest BCUT2D eigenvalue weighted by molar-refractivity contribution is 6.16. The summed E-state index contributed by atoms with van der Waals surface area (Å²) in [4.78, 5) is 4.43. The van der Waals surface area contributed by atoms with E-state index in [1.54, 1.807) is 41.0 Å². The molecule has 1 heterocycles. The van der Waals surface area contributed by atoms with Gasteiger partial charge < -0.3 is 9.30 Å². The summed E-state index contributed by atoms with van der Waals surface area (Å²) in [7, 11) is 0. The molecule has 0 aliphatic rings. The first-order valence-electron chi connectivity index (χ1n) is 7.10. The zero-order chi connectivity index (χ0) is 17.1. The minimum absolute atomic E-state index is 0.103. The number of hydrogen-bond acceptors (Lipinski definition) is 3. The van der Waals surface area contributed by atoms with Crippen molar-refractivity contribution in [3.05, 3.63) is 59.4 Å². The monoisotopic (exact) mass is 347 g/mol. The molecule has 4 nitrogen and oxygen atoms in total. The van der Waals surface area contributed by atoms with Gasteiger partial charge in [0.05, 0.1) is 35.1 Å². The summed E-state index contributed by atoms with van der Waals surface area (Å²) >= 11 is 5.97. The molecule has 0 atom stereocenters. The standard InChI is InChI=1S/C17H12ClF2N3O/c18-8-16-22-13-6-5-11(9-21)7-14(13)23(16)10-12-3-1-2-4-15(12)24-17(19)20/h1-7,17H,8,10H2. The molecule has 24 heavy (non-hydrogen) atoms. The van der Waals surface area contributed by atoms with Gasteiger partial charge in [0.1, 0.15) is 11.6 Å². The van der Waals surface area contributed by atoms with Crippen molar-refractivity contribution in [2.24, 2.45) is 0 Å². The van der Waals surface area contributed by atoms with Crippen LogP contribution in [0.5, 0.6) is 5.75 Å². The van der Waals surface area contributed by atoms with Crippen molar-refractivity contribution in [3.8, 4) is 11.8 Å². The van der Waals surface area contributed by atoms with Crippen LogP contribution in [0.2, 0.25) is 0 Å². The lowest BCUT2D eigenvalue weighted by Crippen LogP contribution is -2.08. The smallest absolute Gasteiger partial charge is 0.387 e. The average molecular weight is 348 g/mol. The van der Waals surface area contributed by atoms with E-state index in [9.17, 15) is 8.78 Å². The maximum Gasteiger partial charge on any atom is 0.387 e. The van der Waals surface area contributed by atoms with Crippen LogP contribution < -0.4 is 4.74 Å². The Morgan fingerprint density at radius 1 is 1.25 bits per heavy atom. The predicted molar refractivity (Wildman–Crippen MR) is 86.2 cm³/mol. The lowest BCUT2D eigenvalue weighted by atomic mass is 10.2. The molecule has 0 saturated heterocycles. The summed E-state index contributed by atoms with van der Waals surface area (Å²) in [5.74, 6) is 0.856. The van der Waals surface area contributed by atoms with Gasteiger partial charge in [-0.15, -0.1) is 11.6 Å². The highest BCUT2D eigenvalue weighted by Gasteiger charge is 2.14. The quantitative estimate of drug-likeness (QED) is 0.647. The Labute approximate surface area is 141 Å². The highest BCUT2D eigenvalue weighted by atomic mass is 35.5. The zero-order valence-corrected chi connectivity index (χ0v) is 13.2. The third kappa shape index (κ3) is 3.17. The number of imidazole rings is 1. The SMILES string of the molecule is N#Cc1ccc2nc(CCl)n(Cc3ccccc3OC(F)F)c2c1. The van der Waals surface area contributed by atoms with Gasteiger partial charge in [0.15, 0.2) is 0 Å². The van der Waals surface area contributed by atoms with Gasteiger partial charge in [-0.25, -0.2) is 4.98 Å². The third-order valence-electron chi connectivity index (χ3n) is 3.59. The molecule has 2 aromatic carbocycles. The van der Waals surface area contributed by atoms with E-state index >= 15 is 0 Å². The fourth-order valence-electron chi connectivity index (χ4n) is 2.54. The topological polar surface area (TPSA) is 50.8 Å². The number of nitriles is 1. The van der Waals surface area contributed by atoms with E-state index in [-0.39, 0.29) is 18.2 Å². The summed E-state index contributed by atoms with van der Waals surface area (Å²) in [6, 6.07) is 13.8. The van der Waals surface area contributed by atoms with Crippen LogP contribution in [0.3, 0.4) is 0 Å². The summed E-state index contributed by atoms with van der Waals surface area (Å²) < 4.78 is 31.5. The Morgan fingerprint density at radius 3 is 2.75 bits per heavy atom. The number of hydrogen-bond donors (Lipinski definition) is 0. The van der Waals surface area contributed by atoms with E-state index in [2.05, 4.69) is 15.8 Å². The molecule has 122 valence electrons. The second-order valence-corrected chi connectivity index (χ2v) is 5.32. The van der Waals surface area contributed by atoms with Crippen molar-refractivity contribution in [2.45, 2.75) is 19.0 Å². The van der Waals surface area contributed by atoms with E-state index in [0.717, 1.165) is 5.52 Å². The van der Waals surface area contributed by atoms with Crippen LogP contribution in [0.1, 0.15) is 17.0 Å². The van der Waals surface area contributed by atoms with Gasteiger partial charge in [-0.05, 0) is 24.3 Å². The Balaban J connectivity index is 2.08. The van der Waals surface area contributed by atoms with Gasteiger partial charge in [-0.3, -0.25) is 0 Å². The fourth-order valence-corrected chi connectivity index (χ4v) is 2.74. The number of aromatic nitrogens is 2. The van der Waals surface area contributed by atoms with Crippen LogP contribution in [0, 0.1) is 11.3 Å². The molecule has 1 aromatic heterocycles. The number of halogens is 3. The minimum Gasteiger partial charge on any atom is -0.434 e. The number of benzene rings is 2. The van der Waals surface area contributed by atoms with E-state index in [1.807, 2.05) is 0 Å². The number of alkyl halides is 3. The second-order valence-electron chi connectivity index (χ2n) is 5.05. The van der Waals surface area contributed by atoms with Crippen molar-refractivity contribution in [1.82, 2.24) is 9.55 Å². The highest BCUT2D eigenvalue weighted by Crippen LogP contribution is 2.25. The van der Waals surface area contributed by atoms with Crippen LogP contribution in [-0.4, -0.2) is 16.2 Å².